The van der Waals surface area contributed by atoms with Gasteiger partial charge in [0.15, 0.2) is 0 Å². The van der Waals surface area contributed by atoms with Gasteiger partial charge in [-0.05, 0) is 54.7 Å². The molecule has 3 aromatic rings. The van der Waals surface area contributed by atoms with Gasteiger partial charge in [-0.2, -0.15) is 0 Å². The molecule has 3 rings (SSSR count). The zero-order valence-corrected chi connectivity index (χ0v) is 20.9. The zero-order valence-electron chi connectivity index (χ0n) is 20.1. The number of nitrogens with zero attached hydrogens (tertiary/aromatic N) is 1. The van der Waals surface area contributed by atoms with Crippen molar-refractivity contribution in [2.24, 2.45) is 0 Å². The lowest BCUT2D eigenvalue weighted by molar-refractivity contribution is -0.141. The summed E-state index contributed by atoms with van der Waals surface area (Å²) in [6.07, 6.45) is 1.46. The molecule has 0 aromatic heterocycles. The van der Waals surface area contributed by atoms with Gasteiger partial charge >= 0.3 is 0 Å². The Bertz CT molecular complexity index is 1080. The average Bonchev–Trinajstić information content (AvgIpc) is 2.84. The molecule has 4 nitrogen and oxygen atoms in total. The molecule has 1 N–H and O–H groups in total. The lowest BCUT2D eigenvalue weighted by atomic mass is 10.00. The van der Waals surface area contributed by atoms with Gasteiger partial charge in [0.1, 0.15) is 6.04 Å². The number of halogens is 1. The normalized spacial score (nSPS) is 12.6. The van der Waals surface area contributed by atoms with Gasteiger partial charge in [-0.1, -0.05) is 85.3 Å². The molecule has 0 unspecified atom stereocenters. The summed E-state index contributed by atoms with van der Waals surface area (Å²) < 4.78 is 0. The van der Waals surface area contributed by atoms with Crippen molar-refractivity contribution >= 4 is 23.4 Å². The Morgan fingerprint density at radius 1 is 0.912 bits per heavy atom. The molecule has 0 spiro atoms. The second-order valence-corrected chi connectivity index (χ2v) is 9.21. The third-order valence-corrected chi connectivity index (χ3v) is 6.39. The van der Waals surface area contributed by atoms with Crippen molar-refractivity contribution in [2.75, 3.05) is 0 Å². The highest BCUT2D eigenvalue weighted by Crippen LogP contribution is 2.19. The first kappa shape index (κ1) is 25.5. The van der Waals surface area contributed by atoms with E-state index >= 15 is 0 Å². The molecule has 2 amide bonds. The number of carbonyl (C=O) groups excluding carboxylic acids is 2. The first-order valence-electron chi connectivity index (χ1n) is 11.8. The van der Waals surface area contributed by atoms with Crippen molar-refractivity contribution < 1.29 is 9.59 Å². The van der Waals surface area contributed by atoms with Crippen molar-refractivity contribution in [1.29, 1.82) is 0 Å². The Labute approximate surface area is 207 Å². The van der Waals surface area contributed by atoms with Crippen molar-refractivity contribution in [3.8, 4) is 0 Å². The summed E-state index contributed by atoms with van der Waals surface area (Å²) in [6.45, 7) is 6.42. The van der Waals surface area contributed by atoms with Gasteiger partial charge in [0.2, 0.25) is 11.8 Å². The highest BCUT2D eigenvalue weighted by molar-refractivity contribution is 6.30. The molecular formula is C29H33ClN2O2. The van der Waals surface area contributed by atoms with E-state index in [1.807, 2.05) is 87.5 Å². The number of amides is 2. The summed E-state index contributed by atoms with van der Waals surface area (Å²) >= 11 is 6.03. The van der Waals surface area contributed by atoms with Crippen molar-refractivity contribution in [2.45, 2.75) is 58.7 Å². The fraction of sp³-hybridized carbons (Fsp3) is 0.310. The summed E-state index contributed by atoms with van der Waals surface area (Å²) in [4.78, 5) is 29.0. The topological polar surface area (TPSA) is 49.4 Å². The van der Waals surface area contributed by atoms with Gasteiger partial charge in [0.25, 0.3) is 0 Å². The van der Waals surface area contributed by atoms with Gasteiger partial charge in [-0.15, -0.1) is 0 Å². The largest absolute Gasteiger partial charge is 0.352 e. The molecule has 0 radical (unpaired) electrons. The molecule has 0 heterocycles. The first-order valence-corrected chi connectivity index (χ1v) is 12.2. The quantitative estimate of drug-likeness (QED) is 0.405. The lowest BCUT2D eigenvalue weighted by Crippen LogP contribution is -2.52. The van der Waals surface area contributed by atoms with Crippen LogP contribution in [0.25, 0.3) is 0 Å². The Balaban J connectivity index is 1.97. The fourth-order valence-corrected chi connectivity index (χ4v) is 3.97. The Kier molecular flexibility index (Phi) is 9.29. The molecule has 0 fully saturated rings. The van der Waals surface area contributed by atoms with E-state index in [0.717, 1.165) is 28.7 Å². The smallest absolute Gasteiger partial charge is 0.243 e. The number of rotatable bonds is 10. The summed E-state index contributed by atoms with van der Waals surface area (Å²) in [7, 11) is 0. The van der Waals surface area contributed by atoms with Gasteiger partial charge in [0, 0.05) is 24.0 Å². The molecule has 0 aliphatic rings. The predicted octanol–water partition coefficient (Wildman–Crippen LogP) is 5.75. The number of aryl methyl sites for hydroxylation is 1. The van der Waals surface area contributed by atoms with Crippen molar-refractivity contribution in [3.63, 3.8) is 0 Å². The predicted molar refractivity (Wildman–Crippen MR) is 139 cm³/mol. The van der Waals surface area contributed by atoms with Crippen LogP contribution in [0.1, 0.15) is 42.5 Å². The third-order valence-electron chi connectivity index (χ3n) is 6.14. The average molecular weight is 477 g/mol. The Morgan fingerprint density at radius 2 is 1.56 bits per heavy atom. The Morgan fingerprint density at radius 3 is 2.21 bits per heavy atom. The third kappa shape index (κ3) is 7.19. The van der Waals surface area contributed by atoms with Crippen molar-refractivity contribution in [1.82, 2.24) is 10.2 Å². The maximum absolute atomic E-state index is 13.7. The van der Waals surface area contributed by atoms with Crippen LogP contribution >= 0.6 is 11.6 Å². The van der Waals surface area contributed by atoms with Crippen LogP contribution in [-0.2, 0) is 29.0 Å². The van der Waals surface area contributed by atoms with Crippen LogP contribution in [0.15, 0.2) is 78.9 Å². The second-order valence-electron chi connectivity index (χ2n) is 8.77. The molecule has 0 aliphatic heterocycles. The number of hydrogen-bond acceptors (Lipinski definition) is 2. The number of carbonyl (C=O) groups is 2. The van der Waals surface area contributed by atoms with E-state index in [2.05, 4.69) is 5.32 Å². The van der Waals surface area contributed by atoms with E-state index in [0.29, 0.717) is 18.0 Å². The van der Waals surface area contributed by atoms with Gasteiger partial charge in [0.05, 0.1) is 6.42 Å². The van der Waals surface area contributed by atoms with Gasteiger partial charge in [-0.25, -0.2) is 0 Å². The molecule has 0 bridgehead atoms. The summed E-state index contributed by atoms with van der Waals surface area (Å²) in [6, 6.07) is 24.5. The summed E-state index contributed by atoms with van der Waals surface area (Å²) in [5.74, 6) is -0.220. The monoisotopic (exact) mass is 476 g/mol. The molecule has 0 saturated heterocycles. The number of hydrogen-bond donors (Lipinski definition) is 1. The molecule has 0 saturated carbocycles. The number of benzene rings is 3. The van der Waals surface area contributed by atoms with Crippen LogP contribution in [0.3, 0.4) is 0 Å². The molecule has 0 aliphatic carbocycles. The van der Waals surface area contributed by atoms with E-state index in [4.69, 9.17) is 11.6 Å². The maximum Gasteiger partial charge on any atom is 0.243 e. The van der Waals surface area contributed by atoms with E-state index in [1.54, 1.807) is 17.0 Å². The van der Waals surface area contributed by atoms with Crippen molar-refractivity contribution in [3.05, 3.63) is 106 Å². The maximum atomic E-state index is 13.7. The highest BCUT2D eigenvalue weighted by atomic mass is 35.5. The second kappa shape index (κ2) is 12.4. The fourth-order valence-electron chi connectivity index (χ4n) is 3.84. The van der Waals surface area contributed by atoms with E-state index in [9.17, 15) is 9.59 Å². The minimum atomic E-state index is -0.629. The minimum Gasteiger partial charge on any atom is -0.352 e. The van der Waals surface area contributed by atoms with Crippen LogP contribution in [0.4, 0.5) is 0 Å². The van der Waals surface area contributed by atoms with Gasteiger partial charge < -0.3 is 10.2 Å². The van der Waals surface area contributed by atoms with Crippen LogP contribution < -0.4 is 5.32 Å². The molecular weight excluding hydrogens is 444 g/mol. The SMILES string of the molecule is CC[C@@H](C)NC(=O)[C@H](Cc1ccccc1)N(Cc1ccccc1C)C(=O)Cc1ccc(Cl)cc1. The highest BCUT2D eigenvalue weighted by Gasteiger charge is 2.31. The van der Waals surface area contributed by atoms with Crippen LogP contribution in [-0.4, -0.2) is 28.8 Å². The number of nitrogens with one attached hydrogen (secondary N) is 1. The molecule has 3 aromatic carbocycles. The van der Waals surface area contributed by atoms with Crippen LogP contribution in [0.5, 0.6) is 0 Å². The molecule has 2 atom stereocenters. The summed E-state index contributed by atoms with van der Waals surface area (Å²) in [5.41, 5.74) is 4.00. The molecule has 5 heteroatoms. The first-order chi connectivity index (χ1) is 16.4. The van der Waals surface area contributed by atoms with E-state index in [1.165, 1.54) is 0 Å². The summed E-state index contributed by atoms with van der Waals surface area (Å²) in [5, 5.41) is 3.73. The standard InChI is InChI=1S/C29H33ClN2O2/c1-4-22(3)31-29(34)27(18-23-11-6-5-7-12-23)32(20-25-13-9-8-10-21(25)2)28(33)19-24-14-16-26(30)17-15-24/h5-17,22,27H,4,18-20H2,1-3H3,(H,31,34)/t22-,27+/m1/s1. The minimum absolute atomic E-state index is 0.0254. The Hall–Kier alpha value is -3.11. The zero-order chi connectivity index (χ0) is 24.5. The molecule has 34 heavy (non-hydrogen) atoms. The van der Waals surface area contributed by atoms with E-state index in [-0.39, 0.29) is 24.3 Å². The van der Waals surface area contributed by atoms with Crippen LogP contribution in [0.2, 0.25) is 5.02 Å². The van der Waals surface area contributed by atoms with Gasteiger partial charge in [-0.3, -0.25) is 9.59 Å². The lowest BCUT2D eigenvalue weighted by Gasteiger charge is -2.33. The van der Waals surface area contributed by atoms with Crippen LogP contribution in [0, 0.1) is 6.92 Å². The molecule has 178 valence electrons. The van der Waals surface area contributed by atoms with E-state index < -0.39 is 6.04 Å².